The number of halogens is 1. The lowest BCUT2D eigenvalue weighted by Gasteiger charge is -2.06. The van der Waals surface area contributed by atoms with Crippen molar-refractivity contribution in [2.24, 2.45) is 0 Å². The summed E-state index contributed by atoms with van der Waals surface area (Å²) in [5.74, 6) is -0.958. The number of aromatic amines is 1. The van der Waals surface area contributed by atoms with E-state index in [1.54, 1.807) is 12.1 Å². The molecule has 0 saturated heterocycles. The molecule has 0 spiro atoms. The normalized spacial score (nSPS) is 10.7. The van der Waals surface area contributed by atoms with Crippen LogP contribution in [0.1, 0.15) is 10.6 Å². The fourth-order valence-corrected chi connectivity index (χ4v) is 1.89. The lowest BCUT2D eigenvalue weighted by Crippen LogP contribution is -2.11. The molecule has 0 aliphatic rings. The molecule has 5 nitrogen and oxygen atoms in total. The minimum absolute atomic E-state index is 0.105. The summed E-state index contributed by atoms with van der Waals surface area (Å²) in [4.78, 5) is 25.3. The molecule has 0 aliphatic carbocycles. The topological polar surface area (TPSA) is 75.1 Å². The van der Waals surface area contributed by atoms with E-state index in [0.717, 1.165) is 6.07 Å². The minimum atomic E-state index is -0.616. The Morgan fingerprint density at radius 2 is 2.10 bits per heavy atom. The van der Waals surface area contributed by atoms with E-state index < -0.39 is 11.7 Å². The van der Waals surface area contributed by atoms with Crippen molar-refractivity contribution in [3.05, 3.63) is 64.6 Å². The van der Waals surface area contributed by atoms with Gasteiger partial charge in [-0.1, -0.05) is 0 Å². The molecule has 100 valence electrons. The highest BCUT2D eigenvalue weighted by atomic mass is 19.1. The van der Waals surface area contributed by atoms with Crippen LogP contribution in [0, 0.1) is 5.82 Å². The number of benzene rings is 1. The van der Waals surface area contributed by atoms with Crippen molar-refractivity contribution >= 4 is 22.5 Å². The van der Waals surface area contributed by atoms with Gasteiger partial charge < -0.3 is 14.7 Å². The lowest BCUT2D eigenvalue weighted by molar-refractivity contribution is 0.0996. The van der Waals surface area contributed by atoms with Crippen LogP contribution in [0.15, 0.2) is 51.9 Å². The van der Waals surface area contributed by atoms with Crippen LogP contribution in [-0.2, 0) is 0 Å². The van der Waals surface area contributed by atoms with Crippen molar-refractivity contribution in [2.75, 3.05) is 5.32 Å². The number of carbonyl (C=O) groups excluding carboxylic acids is 1. The van der Waals surface area contributed by atoms with Crippen LogP contribution >= 0.6 is 0 Å². The van der Waals surface area contributed by atoms with Crippen LogP contribution in [0.5, 0.6) is 0 Å². The first kappa shape index (κ1) is 12.2. The van der Waals surface area contributed by atoms with Crippen LogP contribution in [0.3, 0.4) is 0 Å². The second-order valence-electron chi connectivity index (χ2n) is 4.18. The molecule has 0 atom stereocenters. The molecule has 0 aliphatic heterocycles. The van der Waals surface area contributed by atoms with E-state index in [4.69, 9.17) is 4.42 Å². The molecule has 0 radical (unpaired) electrons. The van der Waals surface area contributed by atoms with Crippen molar-refractivity contribution in [1.82, 2.24) is 4.98 Å². The minimum Gasteiger partial charge on any atom is -0.459 e. The predicted octanol–water partition coefficient (Wildman–Crippen LogP) is 2.51. The average molecular weight is 272 g/mol. The number of amides is 1. The van der Waals surface area contributed by atoms with Gasteiger partial charge in [-0.3, -0.25) is 9.59 Å². The van der Waals surface area contributed by atoms with Crippen LogP contribution in [0.25, 0.3) is 10.9 Å². The Kier molecular flexibility index (Phi) is 2.83. The number of aromatic nitrogens is 1. The van der Waals surface area contributed by atoms with E-state index in [1.165, 1.54) is 24.5 Å². The quantitative estimate of drug-likeness (QED) is 0.752. The number of anilines is 1. The van der Waals surface area contributed by atoms with Gasteiger partial charge in [-0.15, -0.1) is 0 Å². The third kappa shape index (κ3) is 2.18. The molecule has 0 bridgehead atoms. The molecular formula is C14H9FN2O3. The lowest BCUT2D eigenvalue weighted by atomic mass is 10.2. The zero-order chi connectivity index (χ0) is 14.1. The van der Waals surface area contributed by atoms with Gasteiger partial charge >= 0.3 is 0 Å². The predicted molar refractivity (Wildman–Crippen MR) is 71.2 cm³/mol. The van der Waals surface area contributed by atoms with Gasteiger partial charge in [0.1, 0.15) is 5.82 Å². The maximum Gasteiger partial charge on any atom is 0.291 e. The number of H-pyrrole nitrogens is 1. The van der Waals surface area contributed by atoms with Gasteiger partial charge in [0.05, 0.1) is 11.8 Å². The molecule has 3 aromatic rings. The Morgan fingerprint density at radius 1 is 1.25 bits per heavy atom. The standard InChI is InChI=1S/C14H9FN2O3/c15-10-7-9(16-14(19)11-2-1-5-20-11)6-8-3-4-12(18)17-13(8)10/h1-7H,(H,16,19)(H,17,18). The number of carbonyl (C=O) groups is 1. The zero-order valence-electron chi connectivity index (χ0n) is 10.1. The van der Waals surface area contributed by atoms with Crippen LogP contribution in [-0.4, -0.2) is 10.9 Å². The van der Waals surface area contributed by atoms with E-state index in [2.05, 4.69) is 10.3 Å². The number of hydrogen-bond donors (Lipinski definition) is 2. The number of pyridine rings is 1. The van der Waals surface area contributed by atoms with Gasteiger partial charge in [0.2, 0.25) is 5.56 Å². The first-order valence-electron chi connectivity index (χ1n) is 5.81. The number of furan rings is 1. The molecular weight excluding hydrogens is 263 g/mol. The summed E-state index contributed by atoms with van der Waals surface area (Å²) >= 11 is 0. The zero-order valence-corrected chi connectivity index (χ0v) is 10.1. The molecule has 2 N–H and O–H groups in total. The fourth-order valence-electron chi connectivity index (χ4n) is 1.89. The SMILES string of the molecule is O=C(Nc1cc(F)c2[nH]c(=O)ccc2c1)c1ccco1. The van der Waals surface area contributed by atoms with E-state index >= 15 is 0 Å². The van der Waals surface area contributed by atoms with Crippen molar-refractivity contribution in [3.8, 4) is 0 Å². The second kappa shape index (κ2) is 4.65. The number of rotatable bonds is 2. The van der Waals surface area contributed by atoms with E-state index in [-0.39, 0.29) is 22.5 Å². The highest BCUT2D eigenvalue weighted by Crippen LogP contribution is 2.20. The van der Waals surface area contributed by atoms with E-state index in [1.807, 2.05) is 0 Å². The average Bonchev–Trinajstić information content (AvgIpc) is 2.94. The van der Waals surface area contributed by atoms with Gasteiger partial charge in [0.25, 0.3) is 5.91 Å². The van der Waals surface area contributed by atoms with Crippen LogP contribution in [0.2, 0.25) is 0 Å². The first-order chi connectivity index (χ1) is 9.63. The summed E-state index contributed by atoms with van der Waals surface area (Å²) in [7, 11) is 0. The summed E-state index contributed by atoms with van der Waals surface area (Å²) < 4.78 is 18.8. The Balaban J connectivity index is 1.99. The van der Waals surface area contributed by atoms with Gasteiger partial charge in [0.15, 0.2) is 5.76 Å². The summed E-state index contributed by atoms with van der Waals surface area (Å²) in [6.07, 6.45) is 1.38. The van der Waals surface area contributed by atoms with Gasteiger partial charge in [-0.25, -0.2) is 4.39 Å². The van der Waals surface area contributed by atoms with Crippen molar-refractivity contribution in [1.29, 1.82) is 0 Å². The smallest absolute Gasteiger partial charge is 0.291 e. The molecule has 1 amide bonds. The van der Waals surface area contributed by atoms with Crippen LogP contribution < -0.4 is 10.9 Å². The molecule has 6 heteroatoms. The number of fused-ring (bicyclic) bond motifs is 1. The molecule has 20 heavy (non-hydrogen) atoms. The monoisotopic (exact) mass is 272 g/mol. The molecule has 0 saturated carbocycles. The molecule has 2 heterocycles. The summed E-state index contributed by atoms with van der Waals surface area (Å²) in [6.45, 7) is 0. The highest BCUT2D eigenvalue weighted by Gasteiger charge is 2.11. The van der Waals surface area contributed by atoms with Crippen molar-refractivity contribution in [2.45, 2.75) is 0 Å². The molecule has 0 unspecified atom stereocenters. The second-order valence-corrected chi connectivity index (χ2v) is 4.18. The summed E-state index contributed by atoms with van der Waals surface area (Å²) in [5.41, 5.74) is 0.000665. The van der Waals surface area contributed by atoms with E-state index in [0.29, 0.717) is 5.39 Å². The molecule has 3 rings (SSSR count). The Labute approximate surface area is 112 Å². The molecule has 0 fully saturated rings. The maximum atomic E-state index is 13.9. The van der Waals surface area contributed by atoms with Gasteiger partial charge in [-0.05, 0) is 30.3 Å². The summed E-state index contributed by atoms with van der Waals surface area (Å²) in [6, 6.07) is 8.57. The maximum absolute atomic E-state index is 13.9. The summed E-state index contributed by atoms with van der Waals surface area (Å²) in [5, 5.41) is 3.01. The molecule has 1 aromatic carbocycles. The third-order valence-electron chi connectivity index (χ3n) is 2.79. The van der Waals surface area contributed by atoms with E-state index in [9.17, 15) is 14.0 Å². The van der Waals surface area contributed by atoms with Gasteiger partial charge in [-0.2, -0.15) is 0 Å². The largest absolute Gasteiger partial charge is 0.459 e. The van der Waals surface area contributed by atoms with Gasteiger partial charge in [0, 0.05) is 17.1 Å². The van der Waals surface area contributed by atoms with Crippen molar-refractivity contribution in [3.63, 3.8) is 0 Å². The number of hydrogen-bond acceptors (Lipinski definition) is 3. The first-order valence-corrected chi connectivity index (χ1v) is 5.81. The third-order valence-corrected chi connectivity index (χ3v) is 2.79. The number of nitrogens with one attached hydrogen (secondary N) is 2. The van der Waals surface area contributed by atoms with Crippen LogP contribution in [0.4, 0.5) is 10.1 Å². The molecule has 2 aromatic heterocycles. The van der Waals surface area contributed by atoms with Crippen molar-refractivity contribution < 1.29 is 13.6 Å². The Hall–Kier alpha value is -2.89. The Morgan fingerprint density at radius 3 is 2.85 bits per heavy atom. The highest BCUT2D eigenvalue weighted by molar-refractivity contribution is 6.03. The fraction of sp³-hybridized carbons (Fsp3) is 0. The Bertz CT molecular complexity index is 837.